The van der Waals surface area contributed by atoms with Gasteiger partial charge in [0.2, 0.25) is 26.4 Å². The zero-order valence-corrected chi connectivity index (χ0v) is 38.3. The summed E-state index contributed by atoms with van der Waals surface area (Å²) >= 11 is 31.0. The molecule has 11 aromatic rings. The van der Waals surface area contributed by atoms with Crippen molar-refractivity contribution in [3.63, 3.8) is 0 Å². The molecule has 0 amide bonds. The summed E-state index contributed by atoms with van der Waals surface area (Å²) in [7, 11) is 0. The first-order valence-corrected chi connectivity index (χ1v) is 19.4. The van der Waals surface area contributed by atoms with Gasteiger partial charge in [-0.15, -0.1) is 6.07 Å². The molecule has 0 fully saturated rings. The van der Waals surface area contributed by atoms with Gasteiger partial charge in [-0.05, 0) is 107 Å². The number of benzene rings is 6. The van der Waals surface area contributed by atoms with Gasteiger partial charge >= 0.3 is 23.1 Å². The Morgan fingerprint density at radius 2 is 0.814 bits per heavy atom. The average Bonchev–Trinajstić information content (AvgIpc) is 3.88. The molecule has 0 aliphatic rings. The van der Waals surface area contributed by atoms with Crippen molar-refractivity contribution in [2.75, 3.05) is 0 Å². The summed E-state index contributed by atoms with van der Waals surface area (Å²) in [5.41, 5.74) is 6.10. The van der Waals surface area contributed by atoms with E-state index >= 15 is 0 Å². The molecule has 0 saturated carbocycles. The number of halogens is 7. The monoisotopic (exact) mass is 1010 g/mol. The van der Waals surface area contributed by atoms with Crippen molar-refractivity contribution < 1.29 is 30.2 Å². The molecule has 0 bridgehead atoms. The van der Waals surface area contributed by atoms with Crippen LogP contribution in [0.15, 0.2) is 145 Å². The first kappa shape index (κ1) is 44.5. The van der Waals surface area contributed by atoms with Crippen molar-refractivity contribution in [2.24, 2.45) is 0 Å². The molecule has 0 atom stereocenters. The maximum atomic E-state index is 5.84. The van der Waals surface area contributed by atoms with Gasteiger partial charge in [-0.2, -0.15) is 48.1 Å². The summed E-state index contributed by atoms with van der Waals surface area (Å²) in [4.78, 5) is 22.3. The van der Waals surface area contributed by atoms with E-state index in [1.165, 1.54) is 16.2 Å². The Balaban J connectivity index is 0.000000137. The Bertz CT molecular complexity index is 3100. The third kappa shape index (κ3) is 10.5. The second kappa shape index (κ2) is 20.0. The molecule has 6 aromatic carbocycles. The average molecular weight is 1020 g/mol. The summed E-state index contributed by atoms with van der Waals surface area (Å²) in [6.07, 6.45) is 0. The van der Waals surface area contributed by atoms with Crippen LogP contribution in [0.3, 0.4) is 0 Å². The zero-order chi connectivity index (χ0) is 39.5. The number of rotatable bonds is 1. The number of aromatic nitrogens is 6. The Morgan fingerprint density at radius 1 is 0.424 bits per heavy atom. The van der Waals surface area contributed by atoms with E-state index in [-0.39, 0.29) is 66.5 Å². The van der Waals surface area contributed by atoms with Gasteiger partial charge in [0, 0.05) is 42.6 Å². The van der Waals surface area contributed by atoms with Gasteiger partial charge in [0.25, 0.3) is 0 Å². The molecule has 59 heavy (non-hydrogen) atoms. The second-order valence-corrected chi connectivity index (χ2v) is 14.5. The molecule has 5 aromatic heterocycles. The van der Waals surface area contributed by atoms with E-state index in [9.17, 15) is 0 Å². The van der Waals surface area contributed by atoms with Crippen LogP contribution in [-0.4, -0.2) is 53.0 Å². The molecule has 5 heterocycles. The number of hydrogen-bond donors (Lipinski definition) is 0. The van der Waals surface area contributed by atoms with Gasteiger partial charge in [-0.25, -0.2) is 0 Å². The van der Waals surface area contributed by atoms with Gasteiger partial charge < -0.3 is 30.2 Å². The molecule has 0 spiro atoms. The van der Waals surface area contributed by atoms with Crippen LogP contribution >= 0.6 is 73.9 Å². The van der Waals surface area contributed by atoms with Crippen molar-refractivity contribution >= 4 is 163 Å². The minimum absolute atomic E-state index is 0. The Hall–Kier alpha value is -4.08. The van der Waals surface area contributed by atoms with Crippen LogP contribution in [-0.2, 0) is 0 Å². The van der Waals surface area contributed by atoms with E-state index in [0.29, 0.717) is 5.82 Å². The minimum Gasteiger partial charge on any atom is -1.00 e. The quantitative estimate of drug-likeness (QED) is 0.117. The molecule has 11 rings (SSSR count). The van der Waals surface area contributed by atoms with E-state index in [1.807, 2.05) is 109 Å². The van der Waals surface area contributed by atoms with Gasteiger partial charge in [-0.3, -0.25) is 0 Å². The van der Waals surface area contributed by atoms with Crippen molar-refractivity contribution in [3.8, 4) is 11.4 Å². The van der Waals surface area contributed by atoms with Crippen molar-refractivity contribution in [3.05, 3.63) is 164 Å². The summed E-state index contributed by atoms with van der Waals surface area (Å²) in [5.74, 6) is 0.419. The molecular formula is C42H21Br2Cl5MgN6O3. The maximum Gasteiger partial charge on any atom is 2.00 e. The van der Waals surface area contributed by atoms with Crippen LogP contribution in [0.2, 0.25) is 26.4 Å². The minimum atomic E-state index is 0. The van der Waals surface area contributed by atoms with Crippen LogP contribution in [0.4, 0.5) is 0 Å². The first-order valence-electron chi connectivity index (χ1n) is 16.7. The molecule has 0 N–H and O–H groups in total. The topological polar surface area (TPSA) is 117 Å². The second-order valence-electron chi connectivity index (χ2n) is 11.9. The fourth-order valence-corrected chi connectivity index (χ4v) is 7.26. The largest absolute Gasteiger partial charge is 2.00 e. The molecular weight excluding hydrogens is 998 g/mol. The van der Waals surface area contributed by atoms with Crippen molar-refractivity contribution in [2.45, 2.75) is 0 Å². The standard InChI is InChI=1S/C15H7Cl2N3O.C12H7BrO.C12H7O.C3Cl3N3.BrH.Mg/c16-14-18-13(19-15(17)20-14)8-5-6-10-9-3-1-2-4-11(9)21-12(10)7-8;13-8-5-6-10-9-3-1-2-4-11(9)14-12(10)7-8;1-3-7-11-9(5-1)10-6-2-4-8-12(10)13-11;4-1-7-2(5)9-3(6)8-1;;/h1-7H;1-7H;1-3,5-8H;;1H;/q;;-1;;;+2/p-1. The Morgan fingerprint density at radius 3 is 1.32 bits per heavy atom. The molecule has 9 nitrogen and oxygen atoms in total. The molecule has 0 unspecified atom stereocenters. The third-order valence-corrected chi connectivity index (χ3v) is 9.67. The van der Waals surface area contributed by atoms with Gasteiger partial charge in [0.15, 0.2) is 5.82 Å². The molecule has 288 valence electrons. The van der Waals surface area contributed by atoms with E-state index in [4.69, 9.17) is 71.3 Å². The zero-order valence-electron chi connectivity index (χ0n) is 29.9. The number of furan rings is 3. The molecule has 0 radical (unpaired) electrons. The summed E-state index contributed by atoms with van der Waals surface area (Å²) in [6, 6.07) is 44.7. The molecule has 17 heteroatoms. The predicted molar refractivity (Wildman–Crippen MR) is 237 cm³/mol. The van der Waals surface area contributed by atoms with E-state index in [2.05, 4.69) is 70.1 Å². The normalized spacial score (nSPS) is 10.6. The Labute approximate surface area is 395 Å². The number of fused-ring (bicyclic) bond motifs is 9. The molecule has 0 saturated heterocycles. The number of hydrogen-bond acceptors (Lipinski definition) is 9. The SMILES string of the molecule is Brc1ccc2c(c1)oc1ccccc12.Clc1nc(Cl)nc(-c2ccc3c(c2)oc2ccccc23)n1.Clc1nc(Cl)nc(Cl)n1.[Br-].[Mg+2].[c-]1ccc2c(c1)oc1ccccc12. The summed E-state index contributed by atoms with van der Waals surface area (Å²) < 4.78 is 18.2. The van der Waals surface area contributed by atoms with Gasteiger partial charge in [0.05, 0.1) is 0 Å². The van der Waals surface area contributed by atoms with E-state index in [1.54, 1.807) is 0 Å². The van der Waals surface area contributed by atoms with E-state index in [0.717, 1.165) is 59.7 Å². The summed E-state index contributed by atoms with van der Waals surface area (Å²) in [6.45, 7) is 0. The van der Waals surface area contributed by atoms with Crippen molar-refractivity contribution in [1.29, 1.82) is 0 Å². The van der Waals surface area contributed by atoms with Crippen LogP contribution in [0, 0.1) is 6.07 Å². The van der Waals surface area contributed by atoms with Gasteiger partial charge in [-0.1, -0.05) is 82.0 Å². The predicted octanol–water partition coefficient (Wildman–Crippen LogP) is 10.9. The maximum absolute atomic E-state index is 5.84. The summed E-state index contributed by atoms with van der Waals surface area (Å²) in [5, 5.41) is 6.93. The van der Waals surface area contributed by atoms with E-state index < -0.39 is 0 Å². The van der Waals surface area contributed by atoms with Crippen molar-refractivity contribution in [1.82, 2.24) is 29.9 Å². The Kier molecular flexibility index (Phi) is 15.1. The van der Waals surface area contributed by atoms with Crippen LogP contribution in [0.5, 0.6) is 0 Å². The fraction of sp³-hybridized carbons (Fsp3) is 0. The third-order valence-electron chi connectivity index (χ3n) is 8.34. The van der Waals surface area contributed by atoms with Gasteiger partial charge in [0.1, 0.15) is 27.9 Å². The molecule has 0 aliphatic carbocycles. The van der Waals surface area contributed by atoms with Crippen LogP contribution in [0.25, 0.3) is 77.2 Å². The number of para-hydroxylation sites is 3. The molecule has 0 aliphatic heterocycles. The number of nitrogens with zero attached hydrogens (tertiary/aromatic N) is 6. The van der Waals surface area contributed by atoms with Crippen LogP contribution in [0.1, 0.15) is 0 Å². The smallest absolute Gasteiger partial charge is 1.00 e. The van der Waals surface area contributed by atoms with Crippen LogP contribution < -0.4 is 17.0 Å². The first-order chi connectivity index (χ1) is 27.7. The fourth-order valence-electron chi connectivity index (χ4n) is 5.94.